The van der Waals surface area contributed by atoms with Crippen molar-refractivity contribution in [1.29, 1.82) is 0 Å². The SMILES string of the molecule is O=C(c1nc(-c2cccc(-c3cn4ncccc4n3)c2)no1)N1CCCC1. The lowest BCUT2D eigenvalue weighted by Gasteiger charge is -2.10. The molecule has 27 heavy (non-hydrogen) atoms. The van der Waals surface area contributed by atoms with Gasteiger partial charge in [0, 0.05) is 30.4 Å². The molecule has 0 N–H and O–H groups in total. The highest BCUT2D eigenvalue weighted by molar-refractivity contribution is 5.90. The molecule has 8 heteroatoms. The average molecular weight is 360 g/mol. The predicted octanol–water partition coefficient (Wildman–Crippen LogP) is 2.68. The fourth-order valence-electron chi connectivity index (χ4n) is 3.27. The van der Waals surface area contributed by atoms with E-state index < -0.39 is 0 Å². The molecule has 134 valence electrons. The maximum Gasteiger partial charge on any atom is 0.316 e. The normalized spacial score (nSPS) is 14.1. The Hall–Kier alpha value is -3.55. The van der Waals surface area contributed by atoms with Gasteiger partial charge in [0.1, 0.15) is 0 Å². The van der Waals surface area contributed by atoms with E-state index in [-0.39, 0.29) is 11.8 Å². The molecule has 5 rings (SSSR count). The second-order valence-corrected chi connectivity index (χ2v) is 6.46. The Morgan fingerprint density at radius 3 is 2.74 bits per heavy atom. The fourth-order valence-corrected chi connectivity index (χ4v) is 3.27. The Labute approximate surface area is 154 Å². The summed E-state index contributed by atoms with van der Waals surface area (Å²) in [4.78, 5) is 23.0. The third kappa shape index (κ3) is 2.84. The highest BCUT2D eigenvalue weighted by Crippen LogP contribution is 2.25. The number of aromatic nitrogens is 5. The van der Waals surface area contributed by atoms with Gasteiger partial charge in [0.15, 0.2) is 5.65 Å². The van der Waals surface area contributed by atoms with Crippen molar-refractivity contribution < 1.29 is 9.32 Å². The second-order valence-electron chi connectivity index (χ2n) is 6.46. The van der Waals surface area contributed by atoms with Crippen LogP contribution in [-0.4, -0.2) is 48.6 Å². The van der Waals surface area contributed by atoms with Gasteiger partial charge < -0.3 is 9.42 Å². The number of nitrogens with zero attached hydrogens (tertiary/aromatic N) is 6. The van der Waals surface area contributed by atoms with Crippen LogP contribution >= 0.6 is 0 Å². The Morgan fingerprint density at radius 1 is 1.04 bits per heavy atom. The molecule has 1 saturated heterocycles. The first-order valence-electron chi connectivity index (χ1n) is 8.82. The van der Waals surface area contributed by atoms with Gasteiger partial charge in [-0.2, -0.15) is 10.1 Å². The van der Waals surface area contributed by atoms with Crippen molar-refractivity contribution in [1.82, 2.24) is 29.6 Å². The van der Waals surface area contributed by atoms with E-state index in [1.165, 1.54) is 0 Å². The number of fused-ring (bicyclic) bond motifs is 1. The molecule has 1 aromatic carbocycles. The van der Waals surface area contributed by atoms with Gasteiger partial charge in [-0.25, -0.2) is 9.50 Å². The molecule has 1 aliphatic rings. The number of imidazole rings is 1. The maximum absolute atomic E-state index is 12.4. The van der Waals surface area contributed by atoms with Crippen molar-refractivity contribution in [2.45, 2.75) is 12.8 Å². The van der Waals surface area contributed by atoms with Crippen molar-refractivity contribution in [2.75, 3.05) is 13.1 Å². The maximum atomic E-state index is 12.4. The van der Waals surface area contributed by atoms with Crippen LogP contribution in [0.2, 0.25) is 0 Å². The first kappa shape index (κ1) is 15.7. The first-order valence-corrected chi connectivity index (χ1v) is 8.82. The minimum atomic E-state index is -0.200. The lowest BCUT2D eigenvalue weighted by molar-refractivity contribution is 0.0743. The fraction of sp³-hybridized carbons (Fsp3) is 0.211. The lowest BCUT2D eigenvalue weighted by Crippen LogP contribution is -2.27. The van der Waals surface area contributed by atoms with Crippen molar-refractivity contribution in [2.24, 2.45) is 0 Å². The van der Waals surface area contributed by atoms with Gasteiger partial charge in [0.05, 0.1) is 11.9 Å². The van der Waals surface area contributed by atoms with Crippen LogP contribution in [0.1, 0.15) is 23.5 Å². The lowest BCUT2D eigenvalue weighted by atomic mass is 10.1. The zero-order chi connectivity index (χ0) is 18.2. The van der Waals surface area contributed by atoms with Crippen molar-refractivity contribution in [3.8, 4) is 22.6 Å². The molecule has 0 radical (unpaired) electrons. The minimum absolute atomic E-state index is 0.0363. The molecule has 8 nitrogen and oxygen atoms in total. The number of rotatable bonds is 3. The van der Waals surface area contributed by atoms with E-state index >= 15 is 0 Å². The first-order chi connectivity index (χ1) is 13.3. The van der Waals surface area contributed by atoms with Crippen LogP contribution in [0.15, 0.2) is 53.3 Å². The van der Waals surface area contributed by atoms with Crippen LogP contribution in [-0.2, 0) is 0 Å². The Bertz CT molecular complexity index is 1090. The summed E-state index contributed by atoms with van der Waals surface area (Å²) in [6.45, 7) is 1.49. The Kier molecular flexibility index (Phi) is 3.67. The van der Waals surface area contributed by atoms with Crippen LogP contribution in [0.5, 0.6) is 0 Å². The van der Waals surface area contributed by atoms with Crippen molar-refractivity contribution in [3.05, 3.63) is 54.7 Å². The number of hydrogen-bond donors (Lipinski definition) is 0. The molecule has 0 unspecified atom stereocenters. The summed E-state index contributed by atoms with van der Waals surface area (Å²) in [7, 11) is 0. The zero-order valence-electron chi connectivity index (χ0n) is 14.4. The van der Waals surface area contributed by atoms with Crippen LogP contribution < -0.4 is 0 Å². The highest BCUT2D eigenvalue weighted by Gasteiger charge is 2.25. The second kappa shape index (κ2) is 6.31. The smallest absolute Gasteiger partial charge is 0.316 e. The van der Waals surface area contributed by atoms with E-state index in [1.54, 1.807) is 15.6 Å². The van der Waals surface area contributed by atoms with Crippen LogP contribution in [0, 0.1) is 0 Å². The van der Waals surface area contributed by atoms with Crippen LogP contribution in [0.25, 0.3) is 28.3 Å². The average Bonchev–Trinajstić information content (AvgIpc) is 3.48. The predicted molar refractivity (Wildman–Crippen MR) is 96.9 cm³/mol. The topological polar surface area (TPSA) is 89.4 Å². The van der Waals surface area contributed by atoms with Gasteiger partial charge in [0.2, 0.25) is 5.82 Å². The van der Waals surface area contributed by atoms with Gasteiger partial charge in [-0.15, -0.1) is 0 Å². The van der Waals surface area contributed by atoms with Crippen LogP contribution in [0.4, 0.5) is 0 Å². The zero-order valence-corrected chi connectivity index (χ0v) is 14.4. The third-order valence-corrected chi connectivity index (χ3v) is 4.66. The van der Waals surface area contributed by atoms with E-state index in [0.29, 0.717) is 5.82 Å². The molecule has 1 amide bonds. The molecule has 0 spiro atoms. The quantitative estimate of drug-likeness (QED) is 0.558. The molecule has 0 bridgehead atoms. The Morgan fingerprint density at radius 2 is 1.89 bits per heavy atom. The summed E-state index contributed by atoms with van der Waals surface area (Å²) in [6.07, 6.45) is 5.62. The molecular formula is C19H16N6O2. The molecule has 0 aliphatic carbocycles. The number of carbonyl (C=O) groups excluding carboxylic acids is 1. The summed E-state index contributed by atoms with van der Waals surface area (Å²) >= 11 is 0. The van der Waals surface area contributed by atoms with Gasteiger partial charge >= 0.3 is 11.8 Å². The number of amides is 1. The molecule has 1 aliphatic heterocycles. The largest absolute Gasteiger partial charge is 0.334 e. The number of hydrogen-bond acceptors (Lipinski definition) is 6. The number of carbonyl (C=O) groups is 1. The standard InChI is InChI=1S/C19H16N6O2/c26-19(24-9-1-2-10-24)18-22-17(23-27-18)14-6-3-5-13(11-14)15-12-25-16(21-15)7-4-8-20-25/h3-8,11-12H,1-2,9-10H2. The van der Waals surface area contributed by atoms with E-state index in [0.717, 1.165) is 48.4 Å². The summed E-state index contributed by atoms with van der Waals surface area (Å²) in [5.74, 6) is 0.226. The minimum Gasteiger partial charge on any atom is -0.334 e. The molecule has 4 aromatic rings. The van der Waals surface area contributed by atoms with Crippen LogP contribution in [0.3, 0.4) is 0 Å². The van der Waals surface area contributed by atoms with Crippen molar-refractivity contribution >= 4 is 11.6 Å². The molecule has 1 fully saturated rings. The van der Waals surface area contributed by atoms with Gasteiger partial charge in [-0.1, -0.05) is 23.4 Å². The third-order valence-electron chi connectivity index (χ3n) is 4.66. The summed E-state index contributed by atoms with van der Waals surface area (Å²) < 4.78 is 6.93. The Balaban J connectivity index is 1.46. The van der Waals surface area contributed by atoms with E-state index in [1.807, 2.05) is 42.6 Å². The molecule has 3 aromatic heterocycles. The van der Waals surface area contributed by atoms with E-state index in [4.69, 9.17) is 4.52 Å². The van der Waals surface area contributed by atoms with E-state index in [2.05, 4.69) is 20.2 Å². The number of likely N-dealkylation sites (tertiary alicyclic amines) is 1. The van der Waals surface area contributed by atoms with Gasteiger partial charge in [0.25, 0.3) is 0 Å². The monoisotopic (exact) mass is 360 g/mol. The number of benzene rings is 1. The highest BCUT2D eigenvalue weighted by atomic mass is 16.5. The molecule has 0 saturated carbocycles. The molecule has 4 heterocycles. The molecular weight excluding hydrogens is 344 g/mol. The summed E-state index contributed by atoms with van der Waals surface area (Å²) in [5.41, 5.74) is 3.25. The van der Waals surface area contributed by atoms with E-state index in [9.17, 15) is 4.79 Å². The molecule has 0 atom stereocenters. The van der Waals surface area contributed by atoms with Crippen molar-refractivity contribution in [3.63, 3.8) is 0 Å². The van der Waals surface area contributed by atoms with Gasteiger partial charge in [-0.05, 0) is 31.0 Å². The summed E-state index contributed by atoms with van der Waals surface area (Å²) in [5, 5.41) is 8.23. The van der Waals surface area contributed by atoms with Gasteiger partial charge in [-0.3, -0.25) is 4.79 Å². The summed E-state index contributed by atoms with van der Waals surface area (Å²) in [6, 6.07) is 11.4.